The molecule has 1 aliphatic carbocycles. The second-order valence-corrected chi connectivity index (χ2v) is 11.1. The van der Waals surface area contributed by atoms with E-state index in [-0.39, 0.29) is 5.69 Å². The molecule has 194 valence electrons. The number of hydrogen-bond donors (Lipinski definition) is 2. The molecule has 3 N–H and O–H groups in total. The van der Waals surface area contributed by atoms with Gasteiger partial charge in [0.25, 0.3) is 0 Å². The minimum atomic E-state index is -4.65. The third-order valence-corrected chi connectivity index (χ3v) is 6.35. The van der Waals surface area contributed by atoms with Gasteiger partial charge in [-0.15, -0.1) is 0 Å². The van der Waals surface area contributed by atoms with Crippen LogP contribution in [0.15, 0.2) is 42.5 Å². The zero-order valence-corrected chi connectivity index (χ0v) is 20.4. The Morgan fingerprint density at radius 2 is 1.86 bits per heavy atom. The molecule has 0 radical (unpaired) electrons. The Balaban J connectivity index is 1.62. The highest BCUT2D eigenvalue weighted by Gasteiger charge is 2.39. The molecule has 1 aromatic heterocycles. The maximum absolute atomic E-state index is 12.6. The van der Waals surface area contributed by atoms with E-state index in [2.05, 4.69) is 14.6 Å². The highest BCUT2D eigenvalue weighted by Crippen LogP contribution is 2.41. The Bertz CT molecular complexity index is 1380. The summed E-state index contributed by atoms with van der Waals surface area (Å²) >= 11 is 0. The van der Waals surface area contributed by atoms with Gasteiger partial charge in [-0.25, -0.2) is 13.2 Å². The Morgan fingerprint density at radius 3 is 2.44 bits per heavy atom. The highest BCUT2D eigenvalue weighted by molar-refractivity contribution is 7.90. The van der Waals surface area contributed by atoms with Crippen molar-refractivity contribution in [2.75, 3.05) is 23.2 Å². The van der Waals surface area contributed by atoms with E-state index in [1.54, 1.807) is 42.5 Å². The SMILES string of the molecule is C[C@@H](OC(=O)Nc1ccc(-c2c(N)c3ccc(OCS(C)(=O)=O)cc3n2CC2CC2)cc1)C(F)(F)F. The van der Waals surface area contributed by atoms with E-state index < -0.39 is 34.1 Å². The number of nitrogens with zero attached hydrogens (tertiary/aromatic N) is 1. The fourth-order valence-electron chi connectivity index (χ4n) is 3.77. The van der Waals surface area contributed by atoms with Crippen molar-refractivity contribution in [3.8, 4) is 17.0 Å². The van der Waals surface area contributed by atoms with E-state index in [0.29, 0.717) is 23.9 Å². The van der Waals surface area contributed by atoms with Gasteiger partial charge in [-0.1, -0.05) is 12.1 Å². The Labute approximate surface area is 206 Å². The summed E-state index contributed by atoms with van der Waals surface area (Å²) in [5.74, 6) is 0.453. The molecule has 2 aromatic carbocycles. The van der Waals surface area contributed by atoms with Gasteiger partial charge in [0.1, 0.15) is 5.75 Å². The number of carbonyl (C=O) groups excluding carboxylic acids is 1. The number of carbonyl (C=O) groups is 1. The molecule has 1 fully saturated rings. The molecule has 0 bridgehead atoms. The number of amides is 1. The lowest BCUT2D eigenvalue weighted by Crippen LogP contribution is -2.32. The van der Waals surface area contributed by atoms with Crippen LogP contribution in [-0.4, -0.2) is 43.6 Å². The molecule has 0 spiro atoms. The number of hydrogen-bond acceptors (Lipinski definition) is 6. The summed E-state index contributed by atoms with van der Waals surface area (Å²) in [6.07, 6.45) is -4.83. The normalized spacial score (nSPS) is 15.0. The van der Waals surface area contributed by atoms with Crippen LogP contribution in [0.2, 0.25) is 0 Å². The van der Waals surface area contributed by atoms with Crippen molar-refractivity contribution >= 4 is 38.2 Å². The standard InChI is InChI=1S/C24H26F3N3O5S/c1-14(24(25,26)27)35-23(31)29-17-7-5-16(6-8-17)22-21(28)19-10-9-18(34-13-36(2,32)33)11-20(19)30(22)12-15-3-4-15/h5-11,14-15H,3-4,12-13,28H2,1-2H3,(H,29,31)/t14-/m1/s1. The molecule has 3 aromatic rings. The molecule has 1 heterocycles. The van der Waals surface area contributed by atoms with Crippen LogP contribution in [0.3, 0.4) is 0 Å². The van der Waals surface area contributed by atoms with Gasteiger partial charge in [-0.05, 0) is 49.9 Å². The van der Waals surface area contributed by atoms with Crippen molar-refractivity contribution in [1.29, 1.82) is 0 Å². The largest absolute Gasteiger partial charge is 0.478 e. The molecule has 1 amide bonds. The van der Waals surface area contributed by atoms with Crippen molar-refractivity contribution in [3.63, 3.8) is 0 Å². The van der Waals surface area contributed by atoms with Crippen LogP contribution >= 0.6 is 0 Å². The number of rotatable bonds is 8. The number of alkyl halides is 3. The van der Waals surface area contributed by atoms with E-state index in [1.807, 2.05) is 0 Å². The van der Waals surface area contributed by atoms with Crippen molar-refractivity contribution in [2.45, 2.75) is 38.6 Å². The van der Waals surface area contributed by atoms with Gasteiger partial charge in [0.2, 0.25) is 0 Å². The lowest BCUT2D eigenvalue weighted by atomic mass is 10.1. The van der Waals surface area contributed by atoms with Gasteiger partial charge in [0.05, 0.1) is 16.9 Å². The first-order valence-electron chi connectivity index (χ1n) is 11.2. The fourth-order valence-corrected chi connectivity index (χ4v) is 4.12. The average Bonchev–Trinajstić information content (AvgIpc) is 3.56. The summed E-state index contributed by atoms with van der Waals surface area (Å²) in [6.45, 7) is 1.46. The van der Waals surface area contributed by atoms with Gasteiger partial charge in [-0.2, -0.15) is 13.2 Å². The fraction of sp³-hybridized carbons (Fsp3) is 0.375. The number of benzene rings is 2. The number of ether oxygens (including phenoxy) is 2. The lowest BCUT2D eigenvalue weighted by molar-refractivity contribution is -0.196. The van der Waals surface area contributed by atoms with E-state index in [0.717, 1.165) is 48.2 Å². The smallest absolute Gasteiger partial charge is 0.425 e. The first-order valence-corrected chi connectivity index (χ1v) is 13.2. The maximum atomic E-state index is 12.6. The van der Waals surface area contributed by atoms with Crippen LogP contribution in [0.4, 0.5) is 29.3 Å². The summed E-state index contributed by atoms with van der Waals surface area (Å²) in [5, 5.41) is 3.07. The van der Waals surface area contributed by atoms with Crippen LogP contribution in [0.5, 0.6) is 5.75 Å². The Hall–Kier alpha value is -3.41. The number of nitrogens with two attached hydrogens (primary N) is 1. The number of aromatic nitrogens is 1. The average molecular weight is 526 g/mol. The molecule has 36 heavy (non-hydrogen) atoms. The lowest BCUT2D eigenvalue weighted by Gasteiger charge is -2.17. The molecule has 8 nitrogen and oxygen atoms in total. The number of nitrogens with one attached hydrogen (secondary N) is 1. The number of fused-ring (bicyclic) bond motifs is 1. The van der Waals surface area contributed by atoms with Gasteiger partial charge in [0, 0.05) is 35.5 Å². The number of halogens is 3. The molecule has 12 heteroatoms. The van der Waals surface area contributed by atoms with Crippen LogP contribution in [0.25, 0.3) is 22.2 Å². The third-order valence-electron chi connectivity index (χ3n) is 5.80. The first kappa shape index (κ1) is 25.7. The van der Waals surface area contributed by atoms with Gasteiger partial charge >= 0.3 is 12.3 Å². The summed E-state index contributed by atoms with van der Waals surface area (Å²) in [5.41, 5.74) is 9.60. The molecule has 0 saturated heterocycles. The first-order chi connectivity index (χ1) is 16.8. The highest BCUT2D eigenvalue weighted by atomic mass is 32.2. The molecule has 0 aliphatic heterocycles. The second-order valence-electron chi connectivity index (χ2n) is 8.97. The number of nitrogen functional groups attached to an aromatic ring is 1. The third kappa shape index (κ3) is 6.04. The van der Waals surface area contributed by atoms with Crippen LogP contribution in [0, 0.1) is 5.92 Å². The molecular weight excluding hydrogens is 499 g/mol. The summed E-state index contributed by atoms with van der Waals surface area (Å²) in [7, 11) is -3.32. The van der Waals surface area contributed by atoms with Gasteiger partial charge in [-0.3, -0.25) is 5.32 Å². The monoisotopic (exact) mass is 525 g/mol. The zero-order valence-electron chi connectivity index (χ0n) is 19.6. The van der Waals surface area contributed by atoms with E-state index in [1.165, 1.54) is 0 Å². The van der Waals surface area contributed by atoms with Gasteiger partial charge in [0.15, 0.2) is 21.9 Å². The van der Waals surface area contributed by atoms with Crippen LogP contribution < -0.4 is 15.8 Å². The van der Waals surface area contributed by atoms with Crippen molar-refractivity contribution in [2.24, 2.45) is 5.92 Å². The van der Waals surface area contributed by atoms with Crippen LogP contribution in [0.1, 0.15) is 19.8 Å². The minimum absolute atomic E-state index is 0.262. The van der Waals surface area contributed by atoms with E-state index in [9.17, 15) is 26.4 Å². The quantitative estimate of drug-likeness (QED) is 0.419. The molecular formula is C24H26F3N3O5S. The van der Waals surface area contributed by atoms with E-state index in [4.69, 9.17) is 10.5 Å². The molecule has 4 rings (SSSR count). The molecule has 1 saturated carbocycles. The van der Waals surface area contributed by atoms with E-state index >= 15 is 0 Å². The molecule has 1 atom stereocenters. The van der Waals surface area contributed by atoms with Gasteiger partial charge < -0.3 is 19.8 Å². The van der Waals surface area contributed by atoms with Crippen LogP contribution in [-0.2, 0) is 21.1 Å². The number of anilines is 2. The van der Waals surface area contributed by atoms with Crippen molar-refractivity contribution < 1.29 is 35.9 Å². The number of sulfone groups is 1. The second kappa shape index (κ2) is 9.57. The van der Waals surface area contributed by atoms with Crippen molar-refractivity contribution in [1.82, 2.24) is 4.57 Å². The topological polar surface area (TPSA) is 113 Å². The minimum Gasteiger partial charge on any atom is -0.478 e. The zero-order chi connectivity index (χ0) is 26.3. The van der Waals surface area contributed by atoms with Crippen molar-refractivity contribution in [3.05, 3.63) is 42.5 Å². The Kier molecular flexibility index (Phi) is 6.82. The molecule has 1 aliphatic rings. The maximum Gasteiger partial charge on any atom is 0.425 e. The summed E-state index contributed by atoms with van der Waals surface area (Å²) < 4.78 is 72.7. The summed E-state index contributed by atoms with van der Waals surface area (Å²) in [6, 6.07) is 11.7. The predicted octanol–water partition coefficient (Wildman–Crippen LogP) is 5.18. The molecule has 0 unspecified atom stereocenters. The Morgan fingerprint density at radius 1 is 1.19 bits per heavy atom. The predicted molar refractivity (Wildman–Crippen MR) is 130 cm³/mol. The summed E-state index contributed by atoms with van der Waals surface area (Å²) in [4.78, 5) is 11.8.